The minimum absolute atomic E-state index is 0.0329. The van der Waals surface area contributed by atoms with Gasteiger partial charge in [-0.1, -0.05) is 37.6 Å². The molecule has 258 valence electrons. The lowest BCUT2D eigenvalue weighted by Gasteiger charge is -2.13. The molecule has 1 aromatic heterocycles. The molecular formula is C36H45N9O4. The molecule has 49 heavy (non-hydrogen) atoms. The fourth-order valence-corrected chi connectivity index (χ4v) is 4.51. The highest BCUT2D eigenvalue weighted by atomic mass is 16.5. The van der Waals surface area contributed by atoms with Crippen LogP contribution in [0.15, 0.2) is 83.0 Å². The number of benzene rings is 3. The van der Waals surface area contributed by atoms with Crippen LogP contribution in [0.3, 0.4) is 0 Å². The smallest absolute Gasteiger partial charge is 0.237 e. The SMILES string of the molecule is CCCCOc1ccc(/N=N/c2ccc(OCCCC(=O)NCCCCC(N)C(=O)NCc3ccc(-c4nnc(C)nn4)cc3)cc2)cc1. The van der Waals surface area contributed by atoms with E-state index in [1.807, 2.05) is 72.8 Å². The lowest BCUT2D eigenvalue weighted by molar-refractivity contribution is -0.123. The zero-order chi connectivity index (χ0) is 34.7. The number of unbranched alkanes of at least 4 members (excludes halogenated alkanes) is 2. The third kappa shape index (κ3) is 13.4. The summed E-state index contributed by atoms with van der Waals surface area (Å²) in [5, 5.41) is 30.2. The van der Waals surface area contributed by atoms with Gasteiger partial charge in [0, 0.05) is 25.1 Å². The Morgan fingerprint density at radius 2 is 1.35 bits per heavy atom. The molecule has 3 aromatic carbocycles. The Hall–Kier alpha value is -5.30. The molecule has 2 amide bonds. The van der Waals surface area contributed by atoms with Gasteiger partial charge in [0.2, 0.25) is 17.6 Å². The van der Waals surface area contributed by atoms with Crippen molar-refractivity contribution in [3.63, 3.8) is 0 Å². The van der Waals surface area contributed by atoms with Gasteiger partial charge in [-0.05, 0) is 93.1 Å². The van der Waals surface area contributed by atoms with Crippen LogP contribution >= 0.6 is 0 Å². The molecule has 0 radical (unpaired) electrons. The third-order valence-electron chi connectivity index (χ3n) is 7.40. The highest BCUT2D eigenvalue weighted by Gasteiger charge is 2.13. The number of carbonyl (C=O) groups is 2. The lowest BCUT2D eigenvalue weighted by atomic mass is 10.1. The van der Waals surface area contributed by atoms with Gasteiger partial charge in [-0.15, -0.1) is 20.4 Å². The number of rotatable bonds is 20. The summed E-state index contributed by atoms with van der Waals surface area (Å²) < 4.78 is 11.4. The molecule has 4 N–H and O–H groups in total. The fraction of sp³-hybridized carbons (Fsp3) is 0.389. The first-order chi connectivity index (χ1) is 23.9. The monoisotopic (exact) mass is 667 g/mol. The summed E-state index contributed by atoms with van der Waals surface area (Å²) in [6.07, 6.45) is 5.07. The van der Waals surface area contributed by atoms with Crippen LogP contribution in [0.2, 0.25) is 0 Å². The topological polar surface area (TPSA) is 179 Å². The summed E-state index contributed by atoms with van der Waals surface area (Å²) >= 11 is 0. The highest BCUT2D eigenvalue weighted by molar-refractivity contribution is 5.81. The number of azo groups is 1. The Bertz CT molecular complexity index is 1600. The van der Waals surface area contributed by atoms with E-state index < -0.39 is 6.04 Å². The van der Waals surface area contributed by atoms with E-state index in [1.54, 1.807) is 6.92 Å². The standard InChI is InChI=1S/C36H45N9O4/c1-3-4-23-48-31-18-14-29(15-19-31)42-43-30-16-20-32(21-17-30)49-24-7-9-34(46)38-22-6-5-8-33(37)36(47)39-25-27-10-12-28(13-11-27)35-44-40-26(2)41-45-35/h10-21,33H,3-9,22-25,37H2,1-2H3,(H,38,46)(H,39,47)/b43-42+. The Morgan fingerprint density at radius 1 is 0.755 bits per heavy atom. The predicted octanol–water partition coefficient (Wildman–Crippen LogP) is 5.93. The number of carbonyl (C=O) groups excluding carboxylic acids is 2. The minimum atomic E-state index is -0.616. The number of nitrogens with zero attached hydrogens (tertiary/aromatic N) is 6. The second kappa shape index (κ2) is 20.2. The van der Waals surface area contributed by atoms with Crippen molar-refractivity contribution >= 4 is 23.2 Å². The predicted molar refractivity (Wildman–Crippen MR) is 187 cm³/mol. The number of amides is 2. The maximum Gasteiger partial charge on any atom is 0.237 e. The Labute approximate surface area is 287 Å². The largest absolute Gasteiger partial charge is 0.494 e. The highest BCUT2D eigenvalue weighted by Crippen LogP contribution is 2.23. The number of nitrogens with one attached hydrogen (secondary N) is 2. The molecule has 0 spiro atoms. The summed E-state index contributed by atoms with van der Waals surface area (Å²) in [4.78, 5) is 24.6. The first-order valence-electron chi connectivity index (χ1n) is 16.7. The van der Waals surface area contributed by atoms with Crippen molar-refractivity contribution in [1.29, 1.82) is 0 Å². The van der Waals surface area contributed by atoms with Gasteiger partial charge in [-0.25, -0.2) is 0 Å². The van der Waals surface area contributed by atoms with Crippen LogP contribution in [0.4, 0.5) is 11.4 Å². The number of nitrogens with two attached hydrogens (primary N) is 1. The molecule has 1 atom stereocenters. The lowest BCUT2D eigenvalue weighted by Crippen LogP contribution is -2.40. The normalized spacial score (nSPS) is 11.7. The van der Waals surface area contributed by atoms with Gasteiger partial charge < -0.3 is 25.8 Å². The van der Waals surface area contributed by atoms with Crippen LogP contribution in [0.1, 0.15) is 63.3 Å². The molecule has 4 rings (SSSR count). The van der Waals surface area contributed by atoms with E-state index in [0.717, 1.165) is 48.2 Å². The summed E-state index contributed by atoms with van der Waals surface area (Å²) in [5.74, 6) is 2.24. The van der Waals surface area contributed by atoms with Crippen LogP contribution in [0.25, 0.3) is 11.4 Å². The Balaban J connectivity index is 1.02. The van der Waals surface area contributed by atoms with Gasteiger partial charge in [-0.2, -0.15) is 10.2 Å². The maximum atomic E-state index is 12.4. The average molecular weight is 668 g/mol. The molecule has 13 heteroatoms. The number of ether oxygens (including phenoxy) is 2. The Morgan fingerprint density at radius 3 is 1.94 bits per heavy atom. The summed E-state index contributed by atoms with van der Waals surface area (Å²) in [5.41, 5.74) is 9.25. The average Bonchev–Trinajstić information content (AvgIpc) is 3.13. The molecule has 0 saturated heterocycles. The van der Waals surface area contributed by atoms with Crippen molar-refractivity contribution in [3.05, 3.63) is 84.2 Å². The van der Waals surface area contributed by atoms with E-state index >= 15 is 0 Å². The van der Waals surface area contributed by atoms with Crippen LogP contribution in [-0.2, 0) is 16.1 Å². The fourth-order valence-electron chi connectivity index (χ4n) is 4.51. The first kappa shape index (κ1) is 36.5. The number of hydrogen-bond acceptors (Lipinski definition) is 11. The molecule has 0 aliphatic rings. The van der Waals surface area contributed by atoms with E-state index in [0.29, 0.717) is 68.7 Å². The van der Waals surface area contributed by atoms with Gasteiger partial charge in [0.15, 0.2) is 5.82 Å². The first-order valence-corrected chi connectivity index (χ1v) is 16.7. The van der Waals surface area contributed by atoms with Gasteiger partial charge in [0.1, 0.15) is 11.5 Å². The van der Waals surface area contributed by atoms with E-state index in [4.69, 9.17) is 15.2 Å². The van der Waals surface area contributed by atoms with Crippen molar-refractivity contribution in [1.82, 2.24) is 31.0 Å². The molecule has 0 saturated carbocycles. The molecule has 0 bridgehead atoms. The number of hydrogen-bond donors (Lipinski definition) is 3. The zero-order valence-electron chi connectivity index (χ0n) is 28.2. The zero-order valence-corrected chi connectivity index (χ0v) is 28.2. The molecule has 0 aliphatic carbocycles. The van der Waals surface area contributed by atoms with E-state index in [2.05, 4.69) is 48.2 Å². The van der Waals surface area contributed by atoms with Crippen molar-refractivity contribution in [2.45, 2.75) is 71.4 Å². The van der Waals surface area contributed by atoms with Crippen molar-refractivity contribution in [2.24, 2.45) is 16.0 Å². The number of aryl methyl sites for hydroxylation is 1. The second-order valence-electron chi connectivity index (χ2n) is 11.5. The molecule has 0 aliphatic heterocycles. The number of aromatic nitrogens is 4. The quantitative estimate of drug-likeness (QED) is 0.0761. The van der Waals surface area contributed by atoms with E-state index in [9.17, 15) is 9.59 Å². The summed E-state index contributed by atoms with van der Waals surface area (Å²) in [7, 11) is 0. The van der Waals surface area contributed by atoms with Gasteiger partial charge >= 0.3 is 0 Å². The van der Waals surface area contributed by atoms with Gasteiger partial charge in [-0.3, -0.25) is 9.59 Å². The van der Waals surface area contributed by atoms with E-state index in [1.165, 1.54) is 0 Å². The molecule has 13 nitrogen and oxygen atoms in total. The van der Waals surface area contributed by atoms with Gasteiger partial charge in [0.05, 0.1) is 30.6 Å². The Kier molecular flexibility index (Phi) is 15.0. The molecule has 1 unspecified atom stereocenters. The second-order valence-corrected chi connectivity index (χ2v) is 11.5. The third-order valence-corrected chi connectivity index (χ3v) is 7.40. The maximum absolute atomic E-state index is 12.4. The van der Waals surface area contributed by atoms with Crippen LogP contribution in [-0.4, -0.2) is 58.0 Å². The summed E-state index contributed by atoms with van der Waals surface area (Å²) in [6.45, 7) is 5.88. The van der Waals surface area contributed by atoms with E-state index in [-0.39, 0.29) is 11.8 Å². The van der Waals surface area contributed by atoms with Crippen LogP contribution in [0, 0.1) is 6.92 Å². The van der Waals surface area contributed by atoms with Crippen LogP contribution in [0.5, 0.6) is 11.5 Å². The summed E-state index contributed by atoms with van der Waals surface area (Å²) in [6, 6.07) is 21.7. The van der Waals surface area contributed by atoms with Crippen molar-refractivity contribution < 1.29 is 19.1 Å². The van der Waals surface area contributed by atoms with Crippen molar-refractivity contribution in [3.8, 4) is 22.9 Å². The van der Waals surface area contributed by atoms with Crippen LogP contribution < -0.4 is 25.8 Å². The molecular weight excluding hydrogens is 622 g/mol. The minimum Gasteiger partial charge on any atom is -0.494 e. The molecule has 4 aromatic rings. The molecule has 0 fully saturated rings. The molecule has 1 heterocycles. The van der Waals surface area contributed by atoms with Gasteiger partial charge in [0.25, 0.3) is 0 Å². The van der Waals surface area contributed by atoms with Crippen molar-refractivity contribution in [2.75, 3.05) is 19.8 Å².